The molecule has 0 radical (unpaired) electrons. The summed E-state index contributed by atoms with van der Waals surface area (Å²) >= 11 is 1.31. The van der Waals surface area contributed by atoms with Gasteiger partial charge in [0.05, 0.1) is 31.4 Å². The minimum absolute atomic E-state index is 0.0905. The third-order valence-corrected chi connectivity index (χ3v) is 4.68. The van der Waals surface area contributed by atoms with Crippen LogP contribution in [0.3, 0.4) is 0 Å². The molecule has 0 saturated carbocycles. The molecule has 2 amide bonds. The van der Waals surface area contributed by atoms with Crippen molar-refractivity contribution in [2.24, 2.45) is 0 Å². The summed E-state index contributed by atoms with van der Waals surface area (Å²) in [7, 11) is 2.96. The van der Waals surface area contributed by atoms with E-state index in [2.05, 4.69) is 20.6 Å². The van der Waals surface area contributed by atoms with Gasteiger partial charge in [-0.1, -0.05) is 0 Å². The molecule has 3 rings (SSSR count). The van der Waals surface area contributed by atoms with Crippen LogP contribution in [0.1, 0.15) is 6.42 Å². The number of rotatable bonds is 8. The van der Waals surface area contributed by atoms with Crippen LogP contribution in [-0.2, 0) is 16.1 Å². The van der Waals surface area contributed by atoms with Crippen molar-refractivity contribution in [3.05, 3.63) is 40.4 Å². The summed E-state index contributed by atoms with van der Waals surface area (Å²) in [5, 5.41) is 7.79. The van der Waals surface area contributed by atoms with Crippen LogP contribution in [0.2, 0.25) is 0 Å². The predicted molar refractivity (Wildman–Crippen MR) is 107 cm³/mol. The van der Waals surface area contributed by atoms with Gasteiger partial charge in [-0.2, -0.15) is 0 Å². The quantitative estimate of drug-likeness (QED) is 0.560. The van der Waals surface area contributed by atoms with Crippen LogP contribution in [0.4, 0.5) is 5.13 Å². The van der Waals surface area contributed by atoms with E-state index in [1.54, 1.807) is 17.6 Å². The van der Waals surface area contributed by atoms with E-state index in [1.807, 2.05) is 0 Å². The molecule has 0 unspecified atom stereocenters. The van der Waals surface area contributed by atoms with Gasteiger partial charge in [0.1, 0.15) is 6.54 Å². The van der Waals surface area contributed by atoms with Gasteiger partial charge in [0.2, 0.25) is 11.8 Å². The number of aromatic nitrogens is 3. The zero-order chi connectivity index (χ0) is 20.8. The van der Waals surface area contributed by atoms with Gasteiger partial charge in [-0.3, -0.25) is 19.0 Å². The van der Waals surface area contributed by atoms with Gasteiger partial charge >= 0.3 is 0 Å². The molecule has 152 valence electrons. The number of ether oxygens (including phenoxy) is 2. The number of benzene rings is 1. The van der Waals surface area contributed by atoms with E-state index in [-0.39, 0.29) is 31.0 Å². The van der Waals surface area contributed by atoms with Gasteiger partial charge in [0.15, 0.2) is 16.6 Å². The molecule has 0 aliphatic rings. The molecule has 0 aliphatic heterocycles. The second-order valence-corrected chi connectivity index (χ2v) is 6.78. The Hall–Kier alpha value is -3.47. The van der Waals surface area contributed by atoms with Crippen molar-refractivity contribution in [3.8, 4) is 11.5 Å². The highest BCUT2D eigenvalue weighted by molar-refractivity contribution is 7.13. The summed E-state index contributed by atoms with van der Waals surface area (Å²) in [6.07, 6.45) is 2.97. The highest BCUT2D eigenvalue weighted by atomic mass is 32.1. The SMILES string of the molecule is COc1cc2ncn(CC(=O)NCCC(=O)Nc3nccs3)c(=O)c2cc1OC. The monoisotopic (exact) mass is 417 g/mol. The molecule has 3 aromatic rings. The largest absolute Gasteiger partial charge is 0.493 e. The molecule has 10 nitrogen and oxygen atoms in total. The Morgan fingerprint density at radius 3 is 2.59 bits per heavy atom. The van der Waals surface area contributed by atoms with Gasteiger partial charge in [-0.25, -0.2) is 9.97 Å². The number of nitrogens with one attached hydrogen (secondary N) is 2. The molecule has 0 spiro atoms. The van der Waals surface area contributed by atoms with Crippen molar-refractivity contribution in [2.45, 2.75) is 13.0 Å². The van der Waals surface area contributed by atoms with E-state index in [0.29, 0.717) is 27.5 Å². The molecule has 0 bridgehead atoms. The number of hydrogen-bond acceptors (Lipinski definition) is 8. The maximum atomic E-state index is 12.7. The lowest BCUT2D eigenvalue weighted by molar-refractivity contribution is -0.121. The Labute approximate surface area is 169 Å². The summed E-state index contributed by atoms with van der Waals surface area (Å²) < 4.78 is 11.6. The fourth-order valence-electron chi connectivity index (χ4n) is 2.59. The summed E-state index contributed by atoms with van der Waals surface area (Å²) in [6, 6.07) is 3.13. The summed E-state index contributed by atoms with van der Waals surface area (Å²) in [6.45, 7) is -0.0823. The second kappa shape index (κ2) is 9.15. The van der Waals surface area contributed by atoms with Crippen LogP contribution in [-0.4, -0.2) is 47.1 Å². The molecule has 2 heterocycles. The van der Waals surface area contributed by atoms with Crippen molar-refractivity contribution >= 4 is 39.2 Å². The van der Waals surface area contributed by atoms with Crippen LogP contribution in [0.5, 0.6) is 11.5 Å². The zero-order valence-corrected chi connectivity index (χ0v) is 16.6. The first-order valence-electron chi connectivity index (χ1n) is 8.59. The number of amides is 2. The van der Waals surface area contributed by atoms with Crippen LogP contribution in [0.15, 0.2) is 34.8 Å². The third-order valence-electron chi connectivity index (χ3n) is 4.00. The third kappa shape index (κ3) is 4.88. The minimum Gasteiger partial charge on any atom is -0.493 e. The Kier molecular flexibility index (Phi) is 6.39. The fraction of sp³-hybridized carbons (Fsp3) is 0.278. The number of methoxy groups -OCH3 is 2. The Balaban J connectivity index is 1.61. The molecular formula is C18H19N5O5S. The topological polar surface area (TPSA) is 124 Å². The van der Waals surface area contributed by atoms with Gasteiger partial charge in [0, 0.05) is 30.6 Å². The number of hydrogen-bond donors (Lipinski definition) is 2. The predicted octanol–water partition coefficient (Wildman–Crippen LogP) is 1.02. The zero-order valence-electron chi connectivity index (χ0n) is 15.8. The van der Waals surface area contributed by atoms with Crippen molar-refractivity contribution in [2.75, 3.05) is 26.1 Å². The smallest absolute Gasteiger partial charge is 0.261 e. The van der Waals surface area contributed by atoms with E-state index >= 15 is 0 Å². The van der Waals surface area contributed by atoms with E-state index in [9.17, 15) is 14.4 Å². The van der Waals surface area contributed by atoms with Crippen molar-refractivity contribution < 1.29 is 19.1 Å². The first-order chi connectivity index (χ1) is 14.0. The maximum Gasteiger partial charge on any atom is 0.261 e. The van der Waals surface area contributed by atoms with Crippen LogP contribution in [0.25, 0.3) is 10.9 Å². The Morgan fingerprint density at radius 1 is 1.14 bits per heavy atom. The van der Waals surface area contributed by atoms with Gasteiger partial charge < -0.3 is 20.1 Å². The highest BCUT2D eigenvalue weighted by Crippen LogP contribution is 2.29. The summed E-state index contributed by atoms with van der Waals surface area (Å²) in [4.78, 5) is 44.7. The first kappa shape index (κ1) is 20.3. The average Bonchev–Trinajstić information content (AvgIpc) is 3.22. The van der Waals surface area contributed by atoms with E-state index in [1.165, 1.54) is 42.5 Å². The van der Waals surface area contributed by atoms with Crippen molar-refractivity contribution in [3.63, 3.8) is 0 Å². The minimum atomic E-state index is -0.407. The van der Waals surface area contributed by atoms with Crippen molar-refractivity contribution in [1.82, 2.24) is 19.9 Å². The maximum absolute atomic E-state index is 12.7. The van der Waals surface area contributed by atoms with E-state index in [0.717, 1.165) is 0 Å². The lowest BCUT2D eigenvalue weighted by Gasteiger charge is -2.10. The highest BCUT2D eigenvalue weighted by Gasteiger charge is 2.13. The molecular weight excluding hydrogens is 398 g/mol. The second-order valence-electron chi connectivity index (χ2n) is 5.89. The van der Waals surface area contributed by atoms with Gasteiger partial charge in [-0.05, 0) is 6.07 Å². The molecule has 0 atom stereocenters. The molecule has 0 saturated heterocycles. The number of fused-ring (bicyclic) bond motifs is 1. The number of carbonyl (C=O) groups is 2. The van der Waals surface area contributed by atoms with Crippen molar-refractivity contribution in [1.29, 1.82) is 0 Å². The summed E-state index contributed by atoms with van der Waals surface area (Å²) in [5.74, 6) is 0.187. The molecule has 29 heavy (non-hydrogen) atoms. The number of anilines is 1. The molecule has 0 fully saturated rings. The van der Waals surface area contributed by atoms with E-state index in [4.69, 9.17) is 9.47 Å². The fourth-order valence-corrected chi connectivity index (χ4v) is 3.14. The molecule has 2 N–H and O–H groups in total. The van der Waals surface area contributed by atoms with Crippen LogP contribution < -0.4 is 25.7 Å². The Bertz CT molecular complexity index is 1080. The van der Waals surface area contributed by atoms with Gasteiger partial charge in [0.25, 0.3) is 5.56 Å². The number of carbonyl (C=O) groups excluding carboxylic acids is 2. The van der Waals surface area contributed by atoms with E-state index < -0.39 is 5.91 Å². The number of nitrogens with zero attached hydrogens (tertiary/aromatic N) is 3. The normalized spacial score (nSPS) is 10.6. The lowest BCUT2D eigenvalue weighted by Crippen LogP contribution is -2.34. The van der Waals surface area contributed by atoms with Crippen LogP contribution >= 0.6 is 11.3 Å². The molecule has 0 aliphatic carbocycles. The standard InChI is InChI=1S/C18H19N5O5S/c1-27-13-7-11-12(8-14(13)28-2)21-10-23(17(11)26)9-16(25)19-4-3-15(24)22-18-20-5-6-29-18/h5-8,10H,3-4,9H2,1-2H3,(H,19,25)(H,20,22,24). The molecule has 11 heteroatoms. The first-order valence-corrected chi connectivity index (χ1v) is 9.47. The molecule has 2 aromatic heterocycles. The van der Waals surface area contributed by atoms with Crippen LogP contribution in [0, 0.1) is 0 Å². The Morgan fingerprint density at radius 2 is 1.90 bits per heavy atom. The number of thiazole rings is 1. The lowest BCUT2D eigenvalue weighted by atomic mass is 10.2. The average molecular weight is 417 g/mol. The van der Waals surface area contributed by atoms with Gasteiger partial charge in [-0.15, -0.1) is 11.3 Å². The summed E-state index contributed by atoms with van der Waals surface area (Å²) in [5.41, 5.74) is 0.0516. The molecule has 1 aromatic carbocycles.